The van der Waals surface area contributed by atoms with E-state index in [2.05, 4.69) is 37.5 Å². The summed E-state index contributed by atoms with van der Waals surface area (Å²) in [5.74, 6) is 0.0860. The summed E-state index contributed by atoms with van der Waals surface area (Å²) < 4.78 is 0. The second kappa shape index (κ2) is 6.80. The lowest BCUT2D eigenvalue weighted by Crippen LogP contribution is -2.27. The summed E-state index contributed by atoms with van der Waals surface area (Å²) >= 11 is 6.36. The van der Waals surface area contributed by atoms with Crippen molar-refractivity contribution in [1.82, 2.24) is 10.6 Å². The lowest BCUT2D eigenvalue weighted by Gasteiger charge is -2.19. The van der Waals surface area contributed by atoms with Crippen molar-refractivity contribution in [2.24, 2.45) is 5.41 Å². The third kappa shape index (κ3) is 4.72. The number of carbonyl (C=O) groups is 1. The molecule has 0 saturated carbocycles. The molecule has 0 spiro atoms. The van der Waals surface area contributed by atoms with Crippen LogP contribution in [0.3, 0.4) is 0 Å². The van der Waals surface area contributed by atoms with Gasteiger partial charge in [-0.15, -0.1) is 0 Å². The van der Waals surface area contributed by atoms with Crippen LogP contribution in [0.4, 0.5) is 0 Å². The fourth-order valence-corrected chi connectivity index (χ4v) is 2.99. The van der Waals surface area contributed by atoms with Crippen molar-refractivity contribution in [1.29, 1.82) is 0 Å². The van der Waals surface area contributed by atoms with E-state index in [9.17, 15) is 4.79 Å². The van der Waals surface area contributed by atoms with E-state index in [1.807, 2.05) is 6.07 Å². The molecule has 1 aromatic rings. The number of nitrogens with one attached hydrogen (secondary N) is 2. The van der Waals surface area contributed by atoms with Crippen LogP contribution in [0.2, 0.25) is 5.02 Å². The van der Waals surface area contributed by atoms with E-state index in [4.69, 9.17) is 11.6 Å². The number of carbonyl (C=O) groups excluding carboxylic acids is 1. The van der Waals surface area contributed by atoms with Gasteiger partial charge in [-0.25, -0.2) is 0 Å². The predicted octanol–water partition coefficient (Wildman–Crippen LogP) is 3.08. The molecule has 0 saturated heterocycles. The third-order valence-electron chi connectivity index (χ3n) is 3.75. The number of amides is 1. The van der Waals surface area contributed by atoms with Crippen molar-refractivity contribution < 1.29 is 4.79 Å². The molecule has 1 aliphatic rings. The van der Waals surface area contributed by atoms with E-state index in [-0.39, 0.29) is 11.3 Å². The zero-order valence-electron chi connectivity index (χ0n) is 13.2. The average Bonchev–Trinajstić information content (AvgIpc) is 2.60. The molecule has 4 heteroatoms. The first-order valence-corrected chi connectivity index (χ1v) is 8.01. The molecule has 0 bridgehead atoms. The highest BCUT2D eigenvalue weighted by atomic mass is 35.5. The molecule has 0 fully saturated rings. The quantitative estimate of drug-likeness (QED) is 0.901. The van der Waals surface area contributed by atoms with Crippen LogP contribution < -0.4 is 10.6 Å². The van der Waals surface area contributed by atoms with Gasteiger partial charge >= 0.3 is 0 Å². The second-order valence-electron chi connectivity index (χ2n) is 6.93. The first-order chi connectivity index (χ1) is 9.87. The first-order valence-electron chi connectivity index (χ1n) is 7.63. The lowest BCUT2D eigenvalue weighted by atomic mass is 9.92. The number of halogens is 1. The maximum absolute atomic E-state index is 12.0. The molecule has 21 heavy (non-hydrogen) atoms. The number of rotatable bonds is 3. The molecular weight excluding hydrogens is 284 g/mol. The van der Waals surface area contributed by atoms with Gasteiger partial charge in [0.1, 0.15) is 0 Å². The van der Waals surface area contributed by atoms with Gasteiger partial charge in [0.2, 0.25) is 5.91 Å². The molecule has 0 aromatic heterocycles. The third-order valence-corrected chi connectivity index (χ3v) is 4.10. The van der Waals surface area contributed by atoms with Gasteiger partial charge in [-0.3, -0.25) is 4.79 Å². The van der Waals surface area contributed by atoms with Crippen LogP contribution in [0, 0.1) is 5.41 Å². The Morgan fingerprint density at radius 1 is 1.29 bits per heavy atom. The molecule has 0 aliphatic carbocycles. The van der Waals surface area contributed by atoms with Crippen LogP contribution in [-0.4, -0.2) is 19.0 Å². The number of hydrogen-bond acceptors (Lipinski definition) is 2. The van der Waals surface area contributed by atoms with Crippen LogP contribution in [0.1, 0.15) is 43.9 Å². The topological polar surface area (TPSA) is 41.1 Å². The molecule has 3 nitrogen and oxygen atoms in total. The highest BCUT2D eigenvalue weighted by Crippen LogP contribution is 2.26. The molecule has 0 radical (unpaired) electrons. The lowest BCUT2D eigenvalue weighted by molar-refractivity contribution is -0.122. The van der Waals surface area contributed by atoms with Gasteiger partial charge in [0.15, 0.2) is 0 Å². The first kappa shape index (κ1) is 16.3. The summed E-state index contributed by atoms with van der Waals surface area (Å²) in [5, 5.41) is 7.19. The van der Waals surface area contributed by atoms with Crippen LogP contribution in [0.25, 0.3) is 0 Å². The number of fused-ring (bicyclic) bond motifs is 1. The van der Waals surface area contributed by atoms with Crippen LogP contribution in [-0.2, 0) is 24.2 Å². The Labute approximate surface area is 132 Å². The summed E-state index contributed by atoms with van der Waals surface area (Å²) in [5.41, 5.74) is 3.75. The molecule has 1 amide bonds. The number of benzene rings is 1. The van der Waals surface area contributed by atoms with E-state index >= 15 is 0 Å². The van der Waals surface area contributed by atoms with Crippen molar-refractivity contribution in [3.8, 4) is 0 Å². The van der Waals surface area contributed by atoms with E-state index in [0.717, 1.165) is 36.5 Å². The Balaban J connectivity index is 2.11. The smallest absolute Gasteiger partial charge is 0.220 e. The van der Waals surface area contributed by atoms with Gasteiger partial charge < -0.3 is 10.6 Å². The zero-order valence-corrected chi connectivity index (χ0v) is 13.9. The minimum atomic E-state index is 0.00535. The predicted molar refractivity (Wildman–Crippen MR) is 87.6 cm³/mol. The van der Waals surface area contributed by atoms with E-state index in [1.54, 1.807) is 0 Å². The summed E-state index contributed by atoms with van der Waals surface area (Å²) in [6.45, 7) is 8.71. The molecule has 0 atom stereocenters. The molecular formula is C17H25ClN2O. The van der Waals surface area contributed by atoms with Crippen molar-refractivity contribution in [3.63, 3.8) is 0 Å². The van der Waals surface area contributed by atoms with Gasteiger partial charge in [-0.2, -0.15) is 0 Å². The average molecular weight is 309 g/mol. The molecule has 2 N–H and O–H groups in total. The minimum Gasteiger partial charge on any atom is -0.352 e. The minimum absolute atomic E-state index is 0.00535. The highest BCUT2D eigenvalue weighted by Gasteiger charge is 2.18. The molecule has 1 aromatic carbocycles. The Hall–Kier alpha value is -1.06. The van der Waals surface area contributed by atoms with E-state index in [0.29, 0.717) is 13.0 Å². The summed E-state index contributed by atoms with van der Waals surface area (Å²) in [7, 11) is 0. The SMILES string of the molecule is CC(C)(C)CC(=O)NCc1c(Cl)ccc2c1CCNCC2. The van der Waals surface area contributed by atoms with Crippen molar-refractivity contribution in [3.05, 3.63) is 33.8 Å². The van der Waals surface area contributed by atoms with Crippen molar-refractivity contribution in [2.75, 3.05) is 13.1 Å². The van der Waals surface area contributed by atoms with Crippen molar-refractivity contribution >= 4 is 17.5 Å². The summed E-state index contributed by atoms with van der Waals surface area (Å²) in [6.07, 6.45) is 2.52. The van der Waals surface area contributed by atoms with Crippen LogP contribution in [0.5, 0.6) is 0 Å². The molecule has 0 unspecified atom stereocenters. The Morgan fingerprint density at radius 3 is 2.71 bits per heavy atom. The fourth-order valence-electron chi connectivity index (χ4n) is 2.74. The molecule has 1 aliphatic heterocycles. The van der Waals surface area contributed by atoms with Crippen LogP contribution >= 0.6 is 11.6 Å². The number of hydrogen-bond donors (Lipinski definition) is 2. The largest absolute Gasteiger partial charge is 0.352 e. The maximum Gasteiger partial charge on any atom is 0.220 e. The maximum atomic E-state index is 12.0. The zero-order chi connectivity index (χ0) is 15.5. The Morgan fingerprint density at radius 2 is 2.00 bits per heavy atom. The molecule has 116 valence electrons. The fraction of sp³-hybridized carbons (Fsp3) is 0.588. The van der Waals surface area contributed by atoms with E-state index < -0.39 is 0 Å². The normalized spacial score (nSPS) is 15.2. The van der Waals surface area contributed by atoms with Gasteiger partial charge in [0, 0.05) is 18.0 Å². The van der Waals surface area contributed by atoms with Crippen molar-refractivity contribution in [2.45, 2.75) is 46.6 Å². The highest BCUT2D eigenvalue weighted by molar-refractivity contribution is 6.31. The monoisotopic (exact) mass is 308 g/mol. The summed E-state index contributed by atoms with van der Waals surface area (Å²) in [4.78, 5) is 12.0. The standard InChI is InChI=1S/C17H25ClN2O/c1-17(2,3)10-16(21)20-11-14-13-7-9-19-8-6-12(13)4-5-15(14)18/h4-5,19H,6-11H2,1-3H3,(H,20,21). The van der Waals surface area contributed by atoms with Crippen LogP contribution in [0.15, 0.2) is 12.1 Å². The van der Waals surface area contributed by atoms with E-state index in [1.165, 1.54) is 11.1 Å². The van der Waals surface area contributed by atoms with Gasteiger partial charge in [0.25, 0.3) is 0 Å². The molecule has 1 heterocycles. The Bertz CT molecular complexity index is 520. The van der Waals surface area contributed by atoms with Gasteiger partial charge in [0.05, 0.1) is 0 Å². The Kier molecular flexibility index (Phi) is 5.28. The molecule has 2 rings (SSSR count). The summed E-state index contributed by atoms with van der Waals surface area (Å²) in [6, 6.07) is 4.07. The van der Waals surface area contributed by atoms with Gasteiger partial charge in [-0.1, -0.05) is 38.4 Å². The van der Waals surface area contributed by atoms with Gasteiger partial charge in [-0.05, 0) is 54.1 Å². The second-order valence-corrected chi connectivity index (χ2v) is 7.33.